The van der Waals surface area contributed by atoms with E-state index < -0.39 is 0 Å². The van der Waals surface area contributed by atoms with Crippen LogP contribution in [-0.2, 0) is 11.4 Å². The molecule has 2 aliphatic rings. The molecule has 0 aliphatic carbocycles. The topological polar surface area (TPSA) is 65.1 Å². The second-order valence-corrected chi connectivity index (χ2v) is 11.5. The summed E-state index contributed by atoms with van der Waals surface area (Å²) >= 11 is 0. The summed E-state index contributed by atoms with van der Waals surface area (Å²) in [6.45, 7) is 11.4. The Balaban J connectivity index is 1.27. The average Bonchev–Trinajstić information content (AvgIpc) is 3.28. The minimum absolute atomic E-state index is 0.0193. The van der Waals surface area contributed by atoms with E-state index in [1.807, 2.05) is 40.1 Å². The van der Waals surface area contributed by atoms with E-state index in [0.29, 0.717) is 19.2 Å². The molecule has 2 aromatic carbocycles. The van der Waals surface area contributed by atoms with Gasteiger partial charge in [-0.25, -0.2) is 4.79 Å². The second-order valence-electron chi connectivity index (χ2n) is 11.5. The van der Waals surface area contributed by atoms with Gasteiger partial charge in [-0.2, -0.15) is 0 Å². The van der Waals surface area contributed by atoms with Crippen LogP contribution in [0.4, 0.5) is 10.5 Å². The van der Waals surface area contributed by atoms with Crippen molar-refractivity contribution in [2.75, 3.05) is 44.2 Å². The van der Waals surface area contributed by atoms with Crippen LogP contribution in [-0.4, -0.2) is 67.0 Å². The summed E-state index contributed by atoms with van der Waals surface area (Å²) in [6.07, 6.45) is 6.40. The molecule has 2 saturated heterocycles. The van der Waals surface area contributed by atoms with Crippen molar-refractivity contribution in [3.63, 3.8) is 0 Å². The number of ether oxygens (including phenoxy) is 1. The quantitative estimate of drug-likeness (QED) is 0.399. The third-order valence-corrected chi connectivity index (χ3v) is 8.46. The Kier molecular flexibility index (Phi) is 11.1. The predicted molar refractivity (Wildman–Crippen MR) is 162 cm³/mol. The lowest BCUT2D eigenvalue weighted by atomic mass is 9.92. The predicted octanol–water partition coefficient (Wildman–Crippen LogP) is 5.94. The molecule has 40 heavy (non-hydrogen) atoms. The maximum atomic E-state index is 13.5. The number of hydrogen-bond acceptors (Lipinski definition) is 4. The third-order valence-electron chi connectivity index (χ3n) is 8.46. The summed E-state index contributed by atoms with van der Waals surface area (Å²) < 4.78 is 5.97. The smallest absolute Gasteiger partial charge is 0.317 e. The molecule has 3 amide bonds. The van der Waals surface area contributed by atoms with Gasteiger partial charge in [-0.05, 0) is 68.4 Å². The number of nitrogens with one attached hydrogen (secondary N) is 1. The molecular weight excluding hydrogens is 500 g/mol. The zero-order valence-electron chi connectivity index (χ0n) is 24.7. The first-order valence-corrected chi connectivity index (χ1v) is 15.3. The van der Waals surface area contributed by atoms with E-state index in [4.69, 9.17) is 4.74 Å². The van der Waals surface area contributed by atoms with Gasteiger partial charge in [-0.3, -0.25) is 4.79 Å². The van der Waals surface area contributed by atoms with Gasteiger partial charge in [0.15, 0.2) is 0 Å². The molecule has 0 radical (unpaired) electrons. The number of urea groups is 1. The third kappa shape index (κ3) is 8.15. The summed E-state index contributed by atoms with van der Waals surface area (Å²) in [4.78, 5) is 32.7. The van der Waals surface area contributed by atoms with E-state index >= 15 is 0 Å². The number of rotatable bonds is 10. The van der Waals surface area contributed by atoms with Gasteiger partial charge in [0.1, 0.15) is 12.4 Å². The zero-order chi connectivity index (χ0) is 28.3. The Hall–Kier alpha value is -3.22. The number of anilines is 1. The van der Waals surface area contributed by atoms with Crippen molar-refractivity contribution in [2.24, 2.45) is 11.8 Å². The number of carbonyl (C=O) groups is 2. The molecule has 0 spiro atoms. The molecule has 2 aromatic rings. The van der Waals surface area contributed by atoms with Crippen LogP contribution in [0.2, 0.25) is 0 Å². The molecule has 7 heteroatoms. The highest BCUT2D eigenvalue weighted by Crippen LogP contribution is 2.27. The monoisotopic (exact) mass is 548 g/mol. The first-order chi connectivity index (χ1) is 19.5. The van der Waals surface area contributed by atoms with Crippen LogP contribution in [0.25, 0.3) is 0 Å². The van der Waals surface area contributed by atoms with Crippen molar-refractivity contribution in [2.45, 2.75) is 71.9 Å². The Morgan fingerprint density at radius 1 is 0.900 bits per heavy atom. The first-order valence-electron chi connectivity index (χ1n) is 15.3. The van der Waals surface area contributed by atoms with Crippen molar-refractivity contribution >= 4 is 17.6 Å². The van der Waals surface area contributed by atoms with E-state index in [-0.39, 0.29) is 23.8 Å². The van der Waals surface area contributed by atoms with Crippen molar-refractivity contribution in [1.29, 1.82) is 0 Å². The highest BCUT2D eigenvalue weighted by atomic mass is 16.5. The summed E-state index contributed by atoms with van der Waals surface area (Å²) in [7, 11) is 0. The van der Waals surface area contributed by atoms with Gasteiger partial charge in [-0.1, -0.05) is 57.0 Å². The molecular formula is C33H48N4O3. The Morgan fingerprint density at radius 3 is 2.15 bits per heavy atom. The molecule has 218 valence electrons. The van der Waals surface area contributed by atoms with Gasteiger partial charge in [0, 0.05) is 51.0 Å². The minimum atomic E-state index is -0.196. The molecule has 2 fully saturated rings. The Bertz CT molecular complexity index is 1040. The number of nitrogens with zero attached hydrogens (tertiary/aromatic N) is 3. The van der Waals surface area contributed by atoms with E-state index in [1.54, 1.807) is 0 Å². The Labute approximate surface area is 240 Å². The number of benzene rings is 2. The fourth-order valence-electron chi connectivity index (χ4n) is 5.95. The lowest BCUT2D eigenvalue weighted by Gasteiger charge is -2.40. The highest BCUT2D eigenvalue weighted by molar-refractivity contribution is 5.81. The SMILES string of the molecule is CCN(c1ccc(OCc2ccccc2)cc1)C1CCN(C(=O)[C@H](CNC(=O)N2CCCCCC2)C(C)C)CC1. The molecule has 0 saturated carbocycles. The Morgan fingerprint density at radius 2 is 1.55 bits per heavy atom. The fourth-order valence-corrected chi connectivity index (χ4v) is 5.95. The van der Waals surface area contributed by atoms with E-state index in [2.05, 4.69) is 55.3 Å². The molecule has 0 aromatic heterocycles. The summed E-state index contributed by atoms with van der Waals surface area (Å²) in [5.41, 5.74) is 2.35. The lowest BCUT2D eigenvalue weighted by molar-refractivity contribution is -0.137. The maximum Gasteiger partial charge on any atom is 0.317 e. The van der Waals surface area contributed by atoms with Crippen molar-refractivity contribution in [1.82, 2.24) is 15.1 Å². The number of amides is 3. The number of hydrogen-bond donors (Lipinski definition) is 1. The largest absolute Gasteiger partial charge is 0.489 e. The lowest BCUT2D eigenvalue weighted by Crippen LogP contribution is -2.51. The number of likely N-dealkylation sites (tertiary alicyclic amines) is 2. The van der Waals surface area contributed by atoms with Crippen LogP contribution in [0.1, 0.15) is 64.9 Å². The van der Waals surface area contributed by atoms with Crippen LogP contribution >= 0.6 is 0 Å². The normalized spacial score (nSPS) is 17.3. The summed E-state index contributed by atoms with van der Waals surface area (Å²) in [6, 6.07) is 19.0. The molecule has 0 bridgehead atoms. The van der Waals surface area contributed by atoms with Crippen molar-refractivity contribution in [3.05, 3.63) is 60.2 Å². The summed E-state index contributed by atoms with van der Waals surface area (Å²) in [5.74, 6) is 1.02. The van der Waals surface area contributed by atoms with Crippen molar-refractivity contribution in [3.8, 4) is 5.75 Å². The number of piperidine rings is 1. The molecule has 1 atom stereocenters. The van der Waals surface area contributed by atoms with Crippen LogP contribution in [0.15, 0.2) is 54.6 Å². The van der Waals surface area contributed by atoms with Gasteiger partial charge >= 0.3 is 6.03 Å². The number of carbonyl (C=O) groups excluding carboxylic acids is 2. The fraction of sp³-hybridized carbons (Fsp3) is 0.576. The van der Waals surface area contributed by atoms with Gasteiger partial charge in [0.2, 0.25) is 5.91 Å². The second kappa shape index (κ2) is 15.0. The van der Waals surface area contributed by atoms with Crippen LogP contribution in [0.5, 0.6) is 5.75 Å². The molecule has 4 rings (SSSR count). The van der Waals surface area contributed by atoms with Gasteiger partial charge in [0.25, 0.3) is 0 Å². The van der Waals surface area contributed by atoms with Crippen molar-refractivity contribution < 1.29 is 14.3 Å². The molecule has 2 heterocycles. The standard InChI is InChI=1S/C33H48N4O3/c1-4-37(28-14-16-30(17-15-28)40-25-27-12-8-7-9-13-27)29-18-22-35(23-19-29)32(38)31(26(2)3)24-34-33(39)36-20-10-5-6-11-21-36/h7-9,12-17,26,29,31H,4-6,10-11,18-25H2,1-3H3,(H,34,39)/t31-/m1/s1. The van der Waals surface area contributed by atoms with E-state index in [0.717, 1.165) is 69.7 Å². The molecule has 2 aliphatic heterocycles. The van der Waals surface area contributed by atoms with Gasteiger partial charge < -0.3 is 24.8 Å². The maximum absolute atomic E-state index is 13.5. The van der Waals surface area contributed by atoms with Gasteiger partial charge in [-0.15, -0.1) is 0 Å². The van der Waals surface area contributed by atoms with E-state index in [9.17, 15) is 9.59 Å². The van der Waals surface area contributed by atoms with Crippen LogP contribution < -0.4 is 15.0 Å². The molecule has 1 N–H and O–H groups in total. The van der Waals surface area contributed by atoms with Gasteiger partial charge in [0.05, 0.1) is 5.92 Å². The average molecular weight is 549 g/mol. The summed E-state index contributed by atoms with van der Waals surface area (Å²) in [5, 5.41) is 3.08. The highest BCUT2D eigenvalue weighted by Gasteiger charge is 2.32. The molecule has 0 unspecified atom stereocenters. The van der Waals surface area contributed by atoms with Crippen LogP contribution in [0, 0.1) is 11.8 Å². The minimum Gasteiger partial charge on any atom is -0.489 e. The molecule has 7 nitrogen and oxygen atoms in total. The first kappa shape index (κ1) is 29.8. The van der Waals surface area contributed by atoms with Crippen LogP contribution in [0.3, 0.4) is 0 Å². The zero-order valence-corrected chi connectivity index (χ0v) is 24.7. The van der Waals surface area contributed by atoms with E-state index in [1.165, 1.54) is 18.5 Å².